The zero-order valence-electron chi connectivity index (χ0n) is 18.0. The Bertz CT molecular complexity index is 1290. The molecule has 0 aliphatic carbocycles. The van der Waals surface area contributed by atoms with Gasteiger partial charge >= 0.3 is 5.97 Å². The zero-order valence-corrected chi connectivity index (χ0v) is 18.8. The minimum Gasteiger partial charge on any atom is -0.497 e. The van der Waals surface area contributed by atoms with Crippen molar-refractivity contribution in [2.75, 3.05) is 23.8 Å². The molecule has 176 valence electrons. The molecule has 10 heteroatoms. The number of methoxy groups -OCH3 is 1. The maximum Gasteiger partial charge on any atom is 0.331 e. The van der Waals surface area contributed by atoms with Crippen LogP contribution in [-0.4, -0.2) is 34.0 Å². The van der Waals surface area contributed by atoms with Crippen molar-refractivity contribution in [2.45, 2.75) is 4.90 Å². The summed E-state index contributed by atoms with van der Waals surface area (Å²) in [7, 11) is -2.29. The summed E-state index contributed by atoms with van der Waals surface area (Å²) in [6, 6.07) is 17.6. The van der Waals surface area contributed by atoms with Crippen molar-refractivity contribution < 1.29 is 31.9 Å². The monoisotopic (exact) mass is 484 g/mol. The van der Waals surface area contributed by atoms with Crippen molar-refractivity contribution in [2.24, 2.45) is 0 Å². The van der Waals surface area contributed by atoms with E-state index in [1.165, 1.54) is 55.7 Å². The number of amides is 1. The number of ether oxygens (including phenoxy) is 2. The van der Waals surface area contributed by atoms with E-state index in [4.69, 9.17) is 9.47 Å². The minimum atomic E-state index is -3.80. The number of carbonyl (C=O) groups excluding carboxylic acids is 2. The number of halogens is 1. The lowest BCUT2D eigenvalue weighted by molar-refractivity contribution is -0.142. The normalized spacial score (nSPS) is 11.1. The summed E-state index contributed by atoms with van der Waals surface area (Å²) in [5.41, 5.74) is 1.17. The summed E-state index contributed by atoms with van der Waals surface area (Å²) in [5.74, 6) is -1.29. The fourth-order valence-corrected chi connectivity index (χ4v) is 3.80. The number of rotatable bonds is 9. The van der Waals surface area contributed by atoms with E-state index in [9.17, 15) is 22.4 Å². The molecule has 0 spiro atoms. The standard InChI is InChI=1S/C24H21FN2O6S/c1-32-21-10-8-19(9-11-21)27-34(30,31)22-12-5-17(6-13-22)7-14-24(29)33-16-23(28)26-20-4-2-3-18(25)15-20/h2-15,27H,16H2,1H3,(H,26,28)/b14-7+. The lowest BCUT2D eigenvalue weighted by atomic mass is 10.2. The molecule has 3 aromatic rings. The predicted molar refractivity (Wildman–Crippen MR) is 125 cm³/mol. The Morgan fingerprint density at radius 2 is 1.68 bits per heavy atom. The van der Waals surface area contributed by atoms with Gasteiger partial charge in [-0.15, -0.1) is 0 Å². The van der Waals surface area contributed by atoms with E-state index in [-0.39, 0.29) is 10.6 Å². The van der Waals surface area contributed by atoms with Crippen LogP contribution in [0, 0.1) is 5.82 Å². The number of nitrogens with one attached hydrogen (secondary N) is 2. The highest BCUT2D eigenvalue weighted by atomic mass is 32.2. The summed E-state index contributed by atoms with van der Waals surface area (Å²) in [5, 5.41) is 2.41. The molecule has 0 unspecified atom stereocenters. The molecule has 0 atom stereocenters. The molecule has 2 N–H and O–H groups in total. The lowest BCUT2D eigenvalue weighted by Gasteiger charge is -2.09. The molecule has 0 saturated heterocycles. The first-order valence-corrected chi connectivity index (χ1v) is 11.4. The van der Waals surface area contributed by atoms with Gasteiger partial charge in [0.2, 0.25) is 0 Å². The summed E-state index contributed by atoms with van der Waals surface area (Å²) >= 11 is 0. The molecule has 3 aromatic carbocycles. The molecule has 0 bridgehead atoms. The molecule has 0 fully saturated rings. The van der Waals surface area contributed by atoms with Gasteiger partial charge in [-0.3, -0.25) is 9.52 Å². The lowest BCUT2D eigenvalue weighted by Crippen LogP contribution is -2.20. The fraction of sp³-hybridized carbons (Fsp3) is 0.0833. The third kappa shape index (κ3) is 7.17. The Kier molecular flexibility index (Phi) is 7.99. The molecule has 0 aromatic heterocycles. The van der Waals surface area contributed by atoms with Gasteiger partial charge in [0.1, 0.15) is 11.6 Å². The third-order valence-corrected chi connectivity index (χ3v) is 5.80. The highest BCUT2D eigenvalue weighted by Gasteiger charge is 2.14. The highest BCUT2D eigenvalue weighted by Crippen LogP contribution is 2.20. The minimum absolute atomic E-state index is 0.0389. The predicted octanol–water partition coefficient (Wildman–Crippen LogP) is 3.83. The number of benzene rings is 3. The van der Waals surface area contributed by atoms with E-state index in [1.807, 2.05) is 0 Å². The Morgan fingerprint density at radius 3 is 2.32 bits per heavy atom. The first kappa shape index (κ1) is 24.5. The number of anilines is 2. The van der Waals surface area contributed by atoms with Gasteiger partial charge in [0.15, 0.2) is 6.61 Å². The van der Waals surface area contributed by atoms with Crippen LogP contribution in [0.25, 0.3) is 6.08 Å². The Balaban J connectivity index is 1.52. The van der Waals surface area contributed by atoms with E-state index >= 15 is 0 Å². The second-order valence-electron chi connectivity index (χ2n) is 6.90. The molecular formula is C24H21FN2O6S. The van der Waals surface area contributed by atoms with Gasteiger partial charge in [0.05, 0.1) is 12.0 Å². The maximum absolute atomic E-state index is 13.1. The maximum atomic E-state index is 13.1. The molecule has 0 heterocycles. The quantitative estimate of drug-likeness (QED) is 0.353. The number of esters is 1. The average molecular weight is 485 g/mol. The summed E-state index contributed by atoms with van der Waals surface area (Å²) in [6.07, 6.45) is 2.52. The van der Waals surface area contributed by atoms with Crippen molar-refractivity contribution in [1.29, 1.82) is 0 Å². The van der Waals surface area contributed by atoms with E-state index in [0.717, 1.165) is 12.1 Å². The van der Waals surface area contributed by atoms with Crippen molar-refractivity contribution in [1.82, 2.24) is 0 Å². The van der Waals surface area contributed by atoms with Gasteiger partial charge in [-0.2, -0.15) is 0 Å². The number of carbonyl (C=O) groups is 2. The van der Waals surface area contributed by atoms with Gasteiger partial charge < -0.3 is 14.8 Å². The van der Waals surface area contributed by atoms with Gasteiger partial charge in [0, 0.05) is 17.5 Å². The number of hydrogen-bond acceptors (Lipinski definition) is 6. The molecule has 0 aliphatic heterocycles. The van der Waals surface area contributed by atoms with Gasteiger partial charge in [-0.1, -0.05) is 18.2 Å². The van der Waals surface area contributed by atoms with Crippen LogP contribution in [0.3, 0.4) is 0 Å². The number of sulfonamides is 1. The second-order valence-corrected chi connectivity index (χ2v) is 8.59. The molecule has 8 nitrogen and oxygen atoms in total. The topological polar surface area (TPSA) is 111 Å². The Labute approximate surface area is 196 Å². The molecule has 34 heavy (non-hydrogen) atoms. The summed E-state index contributed by atoms with van der Waals surface area (Å²) in [4.78, 5) is 23.7. The fourth-order valence-electron chi connectivity index (χ4n) is 2.74. The van der Waals surface area contributed by atoms with E-state index in [2.05, 4.69) is 10.0 Å². The van der Waals surface area contributed by atoms with Crippen molar-refractivity contribution >= 4 is 39.4 Å². The first-order valence-electron chi connectivity index (χ1n) is 9.92. The molecule has 0 aliphatic rings. The van der Waals surface area contributed by atoms with Crippen molar-refractivity contribution in [3.05, 3.63) is 90.3 Å². The molecule has 0 radical (unpaired) electrons. The molecule has 0 saturated carbocycles. The molecule has 1 amide bonds. The van der Waals surface area contributed by atoms with Gasteiger partial charge in [0.25, 0.3) is 15.9 Å². The van der Waals surface area contributed by atoms with Crippen LogP contribution >= 0.6 is 0 Å². The van der Waals surface area contributed by atoms with E-state index in [1.54, 1.807) is 24.3 Å². The number of hydrogen-bond donors (Lipinski definition) is 2. The van der Waals surface area contributed by atoms with Gasteiger partial charge in [-0.25, -0.2) is 17.6 Å². The van der Waals surface area contributed by atoms with Crippen LogP contribution in [0.4, 0.5) is 15.8 Å². The van der Waals surface area contributed by atoms with E-state index < -0.39 is 34.3 Å². The second kappa shape index (κ2) is 11.1. The van der Waals surface area contributed by atoms with Crippen LogP contribution in [-0.2, 0) is 24.3 Å². The average Bonchev–Trinajstić information content (AvgIpc) is 2.82. The van der Waals surface area contributed by atoms with Crippen LogP contribution in [0.15, 0.2) is 83.8 Å². The van der Waals surface area contributed by atoms with Crippen molar-refractivity contribution in [3.8, 4) is 5.75 Å². The zero-order chi connectivity index (χ0) is 24.6. The first-order chi connectivity index (χ1) is 16.2. The smallest absolute Gasteiger partial charge is 0.331 e. The van der Waals surface area contributed by atoms with Crippen LogP contribution in [0.1, 0.15) is 5.56 Å². The van der Waals surface area contributed by atoms with Crippen LogP contribution < -0.4 is 14.8 Å². The van der Waals surface area contributed by atoms with E-state index in [0.29, 0.717) is 17.0 Å². The SMILES string of the molecule is COc1ccc(NS(=O)(=O)c2ccc(/C=C/C(=O)OCC(=O)Nc3cccc(F)c3)cc2)cc1. The van der Waals surface area contributed by atoms with Crippen LogP contribution in [0.2, 0.25) is 0 Å². The summed E-state index contributed by atoms with van der Waals surface area (Å²) in [6.45, 7) is -0.548. The molecular weight excluding hydrogens is 463 g/mol. The van der Waals surface area contributed by atoms with Gasteiger partial charge in [-0.05, 0) is 66.2 Å². The third-order valence-electron chi connectivity index (χ3n) is 4.40. The summed E-state index contributed by atoms with van der Waals surface area (Å²) < 4.78 is 50.6. The highest BCUT2D eigenvalue weighted by molar-refractivity contribution is 7.92. The molecule has 3 rings (SSSR count). The Hall–Kier alpha value is -4.18. The Morgan fingerprint density at radius 1 is 0.971 bits per heavy atom. The van der Waals surface area contributed by atoms with Crippen molar-refractivity contribution in [3.63, 3.8) is 0 Å². The van der Waals surface area contributed by atoms with Crippen LogP contribution in [0.5, 0.6) is 5.75 Å². The largest absolute Gasteiger partial charge is 0.497 e.